The second-order valence-corrected chi connectivity index (χ2v) is 7.23. The molecule has 0 bridgehead atoms. The van der Waals surface area contributed by atoms with Gasteiger partial charge in [0.05, 0.1) is 7.11 Å². The number of piperazine rings is 1. The Hall–Kier alpha value is -0.650. The van der Waals surface area contributed by atoms with E-state index >= 15 is 0 Å². The van der Waals surface area contributed by atoms with E-state index in [9.17, 15) is 4.79 Å². The Morgan fingerprint density at radius 3 is 2.81 bits per heavy atom. The molecule has 3 rings (SSSR count). The number of carbonyl (C=O) groups excluding carboxylic acids is 1. The molecule has 21 heavy (non-hydrogen) atoms. The number of hydrogen-bond donors (Lipinski definition) is 1. The minimum Gasteiger partial charge on any atom is -0.468 e. The van der Waals surface area contributed by atoms with E-state index in [1.807, 2.05) is 0 Å². The Morgan fingerprint density at radius 1 is 1.24 bits per heavy atom. The quantitative estimate of drug-likeness (QED) is 0.769. The van der Waals surface area contributed by atoms with E-state index in [0.29, 0.717) is 18.1 Å². The van der Waals surface area contributed by atoms with Crippen molar-refractivity contribution in [3.05, 3.63) is 0 Å². The fraction of sp³-hybridized carbons (Fsp3) is 0.938. The molecule has 2 aliphatic heterocycles. The van der Waals surface area contributed by atoms with E-state index in [1.54, 1.807) is 0 Å². The number of nitrogens with zero attached hydrogens (tertiary/aromatic N) is 2. The molecule has 1 saturated carbocycles. The summed E-state index contributed by atoms with van der Waals surface area (Å²) in [7, 11) is 1.44. The fourth-order valence-electron chi connectivity index (χ4n) is 4.60. The molecule has 4 atom stereocenters. The molecular formula is C16H29N3O2. The predicted molar refractivity (Wildman–Crippen MR) is 82.0 cm³/mol. The lowest BCUT2D eigenvalue weighted by molar-refractivity contribution is -0.147. The Kier molecular flexibility index (Phi) is 4.26. The third kappa shape index (κ3) is 2.83. The first-order valence-electron chi connectivity index (χ1n) is 8.40. The molecular weight excluding hydrogens is 266 g/mol. The van der Waals surface area contributed by atoms with Crippen molar-refractivity contribution in [1.82, 2.24) is 9.80 Å². The number of rotatable bonds is 2. The first-order chi connectivity index (χ1) is 10.0. The minimum atomic E-state index is -0.761. The predicted octanol–water partition coefficient (Wildman–Crippen LogP) is 0.968. The molecule has 5 nitrogen and oxygen atoms in total. The van der Waals surface area contributed by atoms with Crippen LogP contribution in [0.2, 0.25) is 0 Å². The van der Waals surface area contributed by atoms with Crippen molar-refractivity contribution < 1.29 is 9.53 Å². The minimum absolute atomic E-state index is 0.242. The maximum Gasteiger partial charge on any atom is 0.325 e. The summed E-state index contributed by atoms with van der Waals surface area (Å²) in [6, 6.07) is 1.71. The third-order valence-electron chi connectivity index (χ3n) is 5.82. The second kappa shape index (κ2) is 5.86. The van der Waals surface area contributed by atoms with Crippen LogP contribution in [0, 0.1) is 0 Å². The number of nitrogens with two attached hydrogens (primary N) is 1. The highest BCUT2D eigenvalue weighted by Crippen LogP contribution is 2.35. The average molecular weight is 295 g/mol. The van der Waals surface area contributed by atoms with E-state index < -0.39 is 5.54 Å². The molecule has 2 saturated heterocycles. The molecule has 1 aliphatic carbocycles. The van der Waals surface area contributed by atoms with Gasteiger partial charge in [0.15, 0.2) is 0 Å². The van der Waals surface area contributed by atoms with Crippen LogP contribution < -0.4 is 5.73 Å². The molecule has 2 N–H and O–H groups in total. The largest absolute Gasteiger partial charge is 0.468 e. The van der Waals surface area contributed by atoms with Crippen molar-refractivity contribution in [2.45, 2.75) is 69.1 Å². The van der Waals surface area contributed by atoms with Gasteiger partial charge in [0.1, 0.15) is 5.54 Å². The van der Waals surface area contributed by atoms with E-state index in [2.05, 4.69) is 16.7 Å². The summed E-state index contributed by atoms with van der Waals surface area (Å²) in [4.78, 5) is 17.2. The van der Waals surface area contributed by atoms with Crippen LogP contribution in [0.3, 0.4) is 0 Å². The lowest BCUT2D eigenvalue weighted by Crippen LogP contribution is -2.61. The summed E-state index contributed by atoms with van der Waals surface area (Å²) in [6.07, 6.45) is 6.54. The molecule has 0 amide bonds. The number of piperidine rings is 1. The molecule has 3 fully saturated rings. The van der Waals surface area contributed by atoms with Gasteiger partial charge in [0, 0.05) is 31.2 Å². The van der Waals surface area contributed by atoms with Crippen LogP contribution in [0.15, 0.2) is 0 Å². The van der Waals surface area contributed by atoms with Gasteiger partial charge in [-0.05, 0) is 45.6 Å². The Labute approximate surface area is 127 Å². The first-order valence-corrected chi connectivity index (χ1v) is 8.40. The zero-order valence-corrected chi connectivity index (χ0v) is 13.4. The number of fused-ring (bicyclic) bond motifs is 1. The van der Waals surface area contributed by atoms with E-state index in [0.717, 1.165) is 32.4 Å². The molecule has 2 heterocycles. The lowest BCUT2D eigenvalue weighted by Gasteiger charge is -2.49. The zero-order chi connectivity index (χ0) is 15.0. The lowest BCUT2D eigenvalue weighted by atomic mass is 9.94. The van der Waals surface area contributed by atoms with Crippen LogP contribution >= 0.6 is 0 Å². The van der Waals surface area contributed by atoms with Gasteiger partial charge in [-0.3, -0.25) is 14.6 Å². The fourth-order valence-corrected chi connectivity index (χ4v) is 4.60. The highest BCUT2D eigenvalue weighted by Gasteiger charge is 2.47. The van der Waals surface area contributed by atoms with Crippen molar-refractivity contribution in [1.29, 1.82) is 0 Å². The van der Waals surface area contributed by atoms with Gasteiger partial charge < -0.3 is 10.5 Å². The normalized spacial score (nSPS) is 41.8. The van der Waals surface area contributed by atoms with E-state index in [-0.39, 0.29) is 5.97 Å². The van der Waals surface area contributed by atoms with Crippen molar-refractivity contribution in [3.8, 4) is 0 Å². The topological polar surface area (TPSA) is 58.8 Å². The van der Waals surface area contributed by atoms with Gasteiger partial charge in [-0.2, -0.15) is 0 Å². The molecule has 5 heteroatoms. The third-order valence-corrected chi connectivity index (χ3v) is 5.82. The molecule has 0 radical (unpaired) electrons. The highest BCUT2D eigenvalue weighted by molar-refractivity contribution is 5.81. The molecule has 0 spiro atoms. The summed E-state index contributed by atoms with van der Waals surface area (Å²) in [5.74, 6) is -0.242. The maximum atomic E-state index is 11.9. The summed E-state index contributed by atoms with van der Waals surface area (Å²) in [5.41, 5.74) is 5.51. The van der Waals surface area contributed by atoms with Gasteiger partial charge in [-0.15, -0.1) is 0 Å². The van der Waals surface area contributed by atoms with Crippen molar-refractivity contribution in [2.75, 3.05) is 26.7 Å². The van der Waals surface area contributed by atoms with Gasteiger partial charge in [-0.25, -0.2) is 0 Å². The molecule has 0 aromatic heterocycles. The highest BCUT2D eigenvalue weighted by atomic mass is 16.5. The molecule has 0 aromatic carbocycles. The number of methoxy groups -OCH3 is 1. The molecule has 4 unspecified atom stereocenters. The summed E-state index contributed by atoms with van der Waals surface area (Å²) < 4.78 is 4.89. The average Bonchev–Trinajstić information content (AvgIpc) is 2.89. The van der Waals surface area contributed by atoms with E-state index in [1.165, 1.54) is 32.9 Å². The zero-order valence-electron chi connectivity index (χ0n) is 13.4. The SMILES string of the molecule is COC(=O)C1(N)CCC(N2CC3CCCCN3CC2C)C1. The first kappa shape index (κ1) is 15.3. The number of hydrogen-bond acceptors (Lipinski definition) is 5. The Bertz CT molecular complexity index is 403. The van der Waals surface area contributed by atoms with Gasteiger partial charge in [-0.1, -0.05) is 6.42 Å². The summed E-state index contributed by atoms with van der Waals surface area (Å²) in [6.45, 7) is 5.88. The maximum absolute atomic E-state index is 11.9. The summed E-state index contributed by atoms with van der Waals surface area (Å²) in [5, 5.41) is 0. The standard InChI is InChI=1S/C16H29N3O2/c1-12-10-18-8-4-3-5-14(18)11-19(12)13-6-7-16(17,9-13)15(20)21-2/h12-14H,3-11,17H2,1-2H3. The van der Waals surface area contributed by atoms with E-state index in [4.69, 9.17) is 10.5 Å². The van der Waals surface area contributed by atoms with Gasteiger partial charge >= 0.3 is 5.97 Å². The van der Waals surface area contributed by atoms with Crippen molar-refractivity contribution >= 4 is 5.97 Å². The molecule has 0 aromatic rings. The van der Waals surface area contributed by atoms with Crippen molar-refractivity contribution in [2.24, 2.45) is 5.73 Å². The van der Waals surface area contributed by atoms with Crippen LogP contribution in [-0.4, -0.2) is 66.2 Å². The van der Waals surface area contributed by atoms with Crippen LogP contribution in [-0.2, 0) is 9.53 Å². The Morgan fingerprint density at radius 2 is 2.05 bits per heavy atom. The molecule has 3 aliphatic rings. The number of esters is 1. The van der Waals surface area contributed by atoms with Crippen LogP contribution in [0.1, 0.15) is 45.4 Å². The molecule has 120 valence electrons. The Balaban J connectivity index is 1.66. The summed E-state index contributed by atoms with van der Waals surface area (Å²) >= 11 is 0. The second-order valence-electron chi connectivity index (χ2n) is 7.23. The van der Waals surface area contributed by atoms with Gasteiger partial charge in [0.2, 0.25) is 0 Å². The van der Waals surface area contributed by atoms with Crippen LogP contribution in [0.25, 0.3) is 0 Å². The van der Waals surface area contributed by atoms with Crippen molar-refractivity contribution in [3.63, 3.8) is 0 Å². The van der Waals surface area contributed by atoms with Gasteiger partial charge in [0.25, 0.3) is 0 Å². The monoisotopic (exact) mass is 295 g/mol. The number of carbonyl (C=O) groups is 1. The van der Waals surface area contributed by atoms with Crippen LogP contribution in [0.4, 0.5) is 0 Å². The van der Waals surface area contributed by atoms with Crippen LogP contribution in [0.5, 0.6) is 0 Å². The smallest absolute Gasteiger partial charge is 0.325 e. The number of ether oxygens (including phenoxy) is 1.